The van der Waals surface area contributed by atoms with Crippen molar-refractivity contribution in [3.63, 3.8) is 0 Å². The van der Waals surface area contributed by atoms with Crippen LogP contribution in [0.25, 0.3) is 21.9 Å². The molecule has 3 atom stereocenters. The van der Waals surface area contributed by atoms with E-state index in [9.17, 15) is 14.8 Å². The van der Waals surface area contributed by atoms with E-state index in [1.165, 1.54) is 5.56 Å². The molecular weight excluding hydrogens is 418 g/mol. The van der Waals surface area contributed by atoms with Gasteiger partial charge in [-0.2, -0.15) is 0 Å². The van der Waals surface area contributed by atoms with Gasteiger partial charge in [0.1, 0.15) is 11.2 Å². The number of para-hydroxylation sites is 2. The van der Waals surface area contributed by atoms with Crippen LogP contribution in [-0.2, 0) is 9.59 Å². The maximum Gasteiger partial charge on any atom is 0.247 e. The molecular formula is C26H29N3O4. The molecule has 3 fully saturated rings. The van der Waals surface area contributed by atoms with Crippen molar-refractivity contribution in [3.8, 4) is 0 Å². The van der Waals surface area contributed by atoms with Crippen LogP contribution in [0, 0.1) is 11.8 Å². The lowest BCUT2D eigenvalue weighted by Gasteiger charge is -2.39. The van der Waals surface area contributed by atoms with Gasteiger partial charge in [0.25, 0.3) is 0 Å². The van der Waals surface area contributed by atoms with Crippen molar-refractivity contribution in [1.82, 2.24) is 15.7 Å². The van der Waals surface area contributed by atoms with Gasteiger partial charge in [-0.3, -0.25) is 14.8 Å². The Balaban J connectivity index is 1.18. The highest BCUT2D eigenvalue weighted by molar-refractivity contribution is 6.05. The van der Waals surface area contributed by atoms with Crippen molar-refractivity contribution in [3.05, 3.63) is 48.0 Å². The molecule has 3 heterocycles. The third-order valence-electron chi connectivity index (χ3n) is 8.15. The van der Waals surface area contributed by atoms with Gasteiger partial charge in [0.15, 0.2) is 0 Å². The Morgan fingerprint density at radius 2 is 1.79 bits per heavy atom. The van der Waals surface area contributed by atoms with Crippen LogP contribution in [-0.4, -0.2) is 47.1 Å². The number of furan rings is 1. The van der Waals surface area contributed by atoms with E-state index in [4.69, 9.17) is 4.42 Å². The molecule has 1 aromatic heterocycles. The zero-order chi connectivity index (χ0) is 22.6. The van der Waals surface area contributed by atoms with Crippen LogP contribution in [0.4, 0.5) is 0 Å². The van der Waals surface area contributed by atoms with Crippen molar-refractivity contribution in [2.45, 2.75) is 43.6 Å². The second kappa shape index (κ2) is 7.85. The minimum Gasteiger partial charge on any atom is -0.456 e. The largest absolute Gasteiger partial charge is 0.456 e. The first-order valence-electron chi connectivity index (χ1n) is 12.0. The molecule has 0 bridgehead atoms. The Morgan fingerprint density at radius 3 is 2.55 bits per heavy atom. The van der Waals surface area contributed by atoms with Gasteiger partial charge in [-0.05, 0) is 49.7 Å². The van der Waals surface area contributed by atoms with Gasteiger partial charge >= 0.3 is 0 Å². The van der Waals surface area contributed by atoms with Gasteiger partial charge in [-0.25, -0.2) is 5.48 Å². The molecule has 0 radical (unpaired) electrons. The Hall–Kier alpha value is -2.90. The number of hydrogen-bond donors (Lipinski definition) is 3. The van der Waals surface area contributed by atoms with Crippen LogP contribution in [0.2, 0.25) is 0 Å². The summed E-state index contributed by atoms with van der Waals surface area (Å²) >= 11 is 0. The number of likely N-dealkylation sites (tertiary alicyclic amines) is 1. The molecule has 1 aliphatic carbocycles. The van der Waals surface area contributed by atoms with Gasteiger partial charge in [-0.1, -0.05) is 36.4 Å². The summed E-state index contributed by atoms with van der Waals surface area (Å²) in [5.74, 6) is -0.888. The first kappa shape index (κ1) is 20.7. The normalized spacial score (nSPS) is 27.8. The maximum atomic E-state index is 13.4. The summed E-state index contributed by atoms with van der Waals surface area (Å²) in [6.45, 7) is 2.24. The Kier molecular flexibility index (Phi) is 4.92. The van der Waals surface area contributed by atoms with E-state index < -0.39 is 11.8 Å². The lowest BCUT2D eigenvalue weighted by atomic mass is 9.72. The Morgan fingerprint density at radius 1 is 1.03 bits per heavy atom. The second-order valence-electron chi connectivity index (χ2n) is 9.99. The monoisotopic (exact) mass is 447 g/mol. The fourth-order valence-corrected chi connectivity index (χ4v) is 6.13. The topological polar surface area (TPSA) is 105 Å². The van der Waals surface area contributed by atoms with Crippen LogP contribution in [0.5, 0.6) is 0 Å². The highest BCUT2D eigenvalue weighted by Gasteiger charge is 2.52. The zero-order valence-corrected chi connectivity index (χ0v) is 18.5. The number of hydroxylamine groups is 1. The fraction of sp³-hybridized carbons (Fsp3) is 0.462. The molecule has 172 valence electrons. The first-order chi connectivity index (χ1) is 16.1. The standard InChI is InChI=1S/C26H29N3O4/c30-24(28-32)21-14-26(15-27-26)11-8-20(21)25(31)29-12-9-16(10-13-29)17-5-3-6-19-18-4-1-2-7-22(18)33-23(17)19/h1-7,16,20-21,27,32H,8-15H2,(H,28,30). The number of hydrogen-bond acceptors (Lipinski definition) is 5. The summed E-state index contributed by atoms with van der Waals surface area (Å²) in [6, 6.07) is 14.5. The molecule has 3 N–H and O–H groups in total. The average Bonchev–Trinajstić information content (AvgIpc) is 3.50. The van der Waals surface area contributed by atoms with E-state index in [1.54, 1.807) is 5.48 Å². The van der Waals surface area contributed by atoms with Crippen LogP contribution in [0.1, 0.15) is 43.6 Å². The van der Waals surface area contributed by atoms with Gasteiger partial charge in [0, 0.05) is 41.9 Å². The molecule has 2 saturated heterocycles. The molecule has 2 aliphatic heterocycles. The lowest BCUT2D eigenvalue weighted by Crippen LogP contribution is -2.49. The molecule has 7 nitrogen and oxygen atoms in total. The van der Waals surface area contributed by atoms with Crippen molar-refractivity contribution in [2.75, 3.05) is 19.6 Å². The van der Waals surface area contributed by atoms with E-state index >= 15 is 0 Å². The van der Waals surface area contributed by atoms with Gasteiger partial charge in [0.05, 0.1) is 5.92 Å². The predicted molar refractivity (Wildman–Crippen MR) is 124 cm³/mol. The number of nitrogens with zero attached hydrogens (tertiary/aromatic N) is 1. The molecule has 1 spiro atoms. The van der Waals surface area contributed by atoms with Crippen LogP contribution in [0.15, 0.2) is 46.9 Å². The summed E-state index contributed by atoms with van der Waals surface area (Å²) in [5, 5.41) is 14.9. The van der Waals surface area contributed by atoms with E-state index in [2.05, 4.69) is 29.6 Å². The lowest BCUT2D eigenvalue weighted by molar-refractivity contribution is -0.148. The first-order valence-corrected chi connectivity index (χ1v) is 12.0. The van der Waals surface area contributed by atoms with Crippen LogP contribution < -0.4 is 10.8 Å². The maximum absolute atomic E-state index is 13.4. The molecule has 3 unspecified atom stereocenters. The third-order valence-corrected chi connectivity index (χ3v) is 8.15. The molecule has 7 heteroatoms. The van der Waals surface area contributed by atoms with Gasteiger partial charge in [0.2, 0.25) is 11.8 Å². The number of amides is 2. The number of carbonyl (C=O) groups is 2. The second-order valence-corrected chi connectivity index (χ2v) is 9.99. The third kappa shape index (κ3) is 3.50. The number of rotatable bonds is 3. The van der Waals surface area contributed by atoms with E-state index in [1.807, 2.05) is 23.1 Å². The molecule has 1 saturated carbocycles. The molecule has 2 amide bonds. The van der Waals surface area contributed by atoms with Crippen LogP contribution >= 0.6 is 0 Å². The molecule has 33 heavy (non-hydrogen) atoms. The van der Waals surface area contributed by atoms with Gasteiger partial charge < -0.3 is 14.6 Å². The summed E-state index contributed by atoms with van der Waals surface area (Å²) in [5.41, 5.74) is 4.86. The Bertz CT molecular complexity index is 1220. The van der Waals surface area contributed by atoms with E-state index in [0.717, 1.165) is 47.7 Å². The zero-order valence-electron chi connectivity index (χ0n) is 18.5. The average molecular weight is 448 g/mol. The summed E-state index contributed by atoms with van der Waals surface area (Å²) in [4.78, 5) is 27.7. The quantitative estimate of drug-likeness (QED) is 0.324. The fourth-order valence-electron chi connectivity index (χ4n) is 6.13. The summed E-state index contributed by atoms with van der Waals surface area (Å²) in [6.07, 6.45) is 3.94. The number of fused-ring (bicyclic) bond motifs is 3. The van der Waals surface area contributed by atoms with Crippen molar-refractivity contribution in [1.29, 1.82) is 0 Å². The minimum absolute atomic E-state index is 0.00772. The van der Waals surface area contributed by atoms with Crippen molar-refractivity contribution < 1.29 is 19.2 Å². The highest BCUT2D eigenvalue weighted by atomic mass is 16.5. The number of nitrogens with one attached hydrogen (secondary N) is 2. The van der Waals surface area contributed by atoms with Crippen molar-refractivity contribution >= 4 is 33.8 Å². The van der Waals surface area contributed by atoms with Gasteiger partial charge in [-0.15, -0.1) is 0 Å². The molecule has 6 rings (SSSR count). The Labute approximate surface area is 192 Å². The predicted octanol–water partition coefficient (Wildman–Crippen LogP) is 3.56. The molecule has 3 aliphatic rings. The number of piperidine rings is 1. The number of carbonyl (C=O) groups excluding carboxylic acids is 2. The smallest absolute Gasteiger partial charge is 0.247 e. The molecule has 3 aromatic rings. The summed E-state index contributed by atoms with van der Waals surface area (Å²) < 4.78 is 6.23. The van der Waals surface area contributed by atoms with E-state index in [-0.39, 0.29) is 17.4 Å². The molecule has 2 aromatic carbocycles. The SMILES string of the molecule is O=C(NO)C1CC2(CCC1C(=O)N1CCC(c3cccc4c3oc3ccccc34)CC1)CN2. The highest BCUT2D eigenvalue weighted by Crippen LogP contribution is 2.43. The minimum atomic E-state index is -0.478. The van der Waals surface area contributed by atoms with Crippen molar-refractivity contribution in [2.24, 2.45) is 11.8 Å². The van der Waals surface area contributed by atoms with E-state index in [0.29, 0.717) is 31.8 Å². The number of benzene rings is 2. The summed E-state index contributed by atoms with van der Waals surface area (Å²) in [7, 11) is 0. The van der Waals surface area contributed by atoms with Crippen LogP contribution in [0.3, 0.4) is 0 Å².